The van der Waals surface area contributed by atoms with E-state index in [0.717, 1.165) is 25.0 Å². The number of rotatable bonds is 6. The van der Waals surface area contributed by atoms with E-state index in [1.165, 1.54) is 0 Å². The molecule has 2 aromatic rings. The van der Waals surface area contributed by atoms with Crippen molar-refractivity contribution in [3.8, 4) is 6.07 Å². The zero-order valence-electron chi connectivity index (χ0n) is 15.7. The van der Waals surface area contributed by atoms with Crippen LogP contribution < -0.4 is 0 Å². The highest BCUT2D eigenvalue weighted by Crippen LogP contribution is 2.42. The van der Waals surface area contributed by atoms with Crippen LogP contribution in [0.25, 0.3) is 0 Å². The summed E-state index contributed by atoms with van der Waals surface area (Å²) in [5, 5.41) is 9.02. The number of amides is 1. The van der Waals surface area contributed by atoms with Crippen LogP contribution in [0.15, 0.2) is 48.8 Å². The maximum atomic E-state index is 12.7. The van der Waals surface area contributed by atoms with Crippen LogP contribution in [-0.4, -0.2) is 47.7 Å². The van der Waals surface area contributed by atoms with Crippen LogP contribution >= 0.6 is 0 Å². The lowest BCUT2D eigenvalue weighted by atomic mass is 9.79. The summed E-state index contributed by atoms with van der Waals surface area (Å²) in [6.45, 7) is 3.18. The summed E-state index contributed by atoms with van der Waals surface area (Å²) in [5.41, 5.74) is 1.89. The van der Waals surface area contributed by atoms with Gasteiger partial charge in [-0.05, 0) is 48.6 Å². The Morgan fingerprint density at radius 1 is 1.36 bits per heavy atom. The minimum Gasteiger partial charge on any atom is -0.377 e. The van der Waals surface area contributed by atoms with E-state index < -0.39 is 0 Å². The van der Waals surface area contributed by atoms with Crippen LogP contribution in [0.3, 0.4) is 0 Å². The standard InChI is InChI=1S/C22H23N3O3/c23-12-17-3-1-5-19(11-17)21(26)25-15-22(16-25)20(7-10-28-22)6-9-27-14-18-4-2-8-24-13-18/h1-5,8,11,13,20H,6-7,9-10,14-16H2. The summed E-state index contributed by atoms with van der Waals surface area (Å²) >= 11 is 0. The molecule has 1 unspecified atom stereocenters. The zero-order valence-corrected chi connectivity index (χ0v) is 15.7. The van der Waals surface area contributed by atoms with E-state index in [4.69, 9.17) is 14.7 Å². The van der Waals surface area contributed by atoms with Gasteiger partial charge in [-0.15, -0.1) is 0 Å². The molecule has 144 valence electrons. The lowest BCUT2D eigenvalue weighted by molar-refractivity contribution is -0.120. The van der Waals surface area contributed by atoms with E-state index in [1.807, 2.05) is 23.2 Å². The highest BCUT2D eigenvalue weighted by molar-refractivity contribution is 5.95. The number of pyridine rings is 1. The molecular formula is C22H23N3O3. The largest absolute Gasteiger partial charge is 0.377 e. The van der Waals surface area contributed by atoms with E-state index in [1.54, 1.807) is 30.5 Å². The molecule has 1 aromatic carbocycles. The minimum atomic E-state index is -0.236. The Labute approximate surface area is 164 Å². The van der Waals surface area contributed by atoms with Crippen molar-refractivity contribution in [2.24, 2.45) is 5.92 Å². The summed E-state index contributed by atoms with van der Waals surface area (Å²) in [5.74, 6) is 0.362. The highest BCUT2D eigenvalue weighted by atomic mass is 16.5. The number of likely N-dealkylation sites (tertiary alicyclic amines) is 1. The van der Waals surface area contributed by atoms with Crippen molar-refractivity contribution in [3.63, 3.8) is 0 Å². The fourth-order valence-corrected chi connectivity index (χ4v) is 4.09. The Hall–Kier alpha value is -2.75. The summed E-state index contributed by atoms with van der Waals surface area (Å²) in [6.07, 6.45) is 5.49. The van der Waals surface area contributed by atoms with Crippen molar-refractivity contribution in [2.45, 2.75) is 25.0 Å². The molecule has 0 radical (unpaired) electrons. The van der Waals surface area contributed by atoms with E-state index >= 15 is 0 Å². The predicted octanol–water partition coefficient (Wildman–Crippen LogP) is 2.79. The van der Waals surface area contributed by atoms with Crippen LogP contribution in [0.1, 0.15) is 34.3 Å². The minimum absolute atomic E-state index is 0.0372. The maximum absolute atomic E-state index is 12.7. The first-order valence-electron chi connectivity index (χ1n) is 9.60. The molecule has 1 spiro atoms. The van der Waals surface area contributed by atoms with Gasteiger partial charge in [0.15, 0.2) is 0 Å². The van der Waals surface area contributed by atoms with Gasteiger partial charge in [-0.2, -0.15) is 5.26 Å². The number of nitrogens with zero attached hydrogens (tertiary/aromatic N) is 3. The third kappa shape index (κ3) is 3.77. The zero-order chi connectivity index (χ0) is 19.4. The normalized spacial score (nSPS) is 20.0. The smallest absolute Gasteiger partial charge is 0.254 e. The molecule has 1 atom stereocenters. The lowest BCUT2D eigenvalue weighted by Gasteiger charge is -2.50. The summed E-state index contributed by atoms with van der Waals surface area (Å²) in [7, 11) is 0. The van der Waals surface area contributed by atoms with E-state index in [-0.39, 0.29) is 11.5 Å². The summed E-state index contributed by atoms with van der Waals surface area (Å²) in [6, 6.07) is 12.8. The van der Waals surface area contributed by atoms with Gasteiger partial charge in [-0.1, -0.05) is 12.1 Å². The first-order chi connectivity index (χ1) is 13.7. The molecule has 6 nitrogen and oxygen atoms in total. The van der Waals surface area contributed by atoms with Gasteiger partial charge < -0.3 is 14.4 Å². The monoisotopic (exact) mass is 377 g/mol. The molecule has 0 N–H and O–H groups in total. The number of nitriles is 1. The third-order valence-electron chi connectivity index (χ3n) is 5.64. The molecule has 6 heteroatoms. The Balaban J connectivity index is 1.28. The molecule has 0 saturated carbocycles. The van der Waals surface area contributed by atoms with Gasteiger partial charge in [0, 0.05) is 31.2 Å². The predicted molar refractivity (Wildman–Crippen MR) is 102 cm³/mol. The van der Waals surface area contributed by atoms with Crippen molar-refractivity contribution in [2.75, 3.05) is 26.3 Å². The Morgan fingerprint density at radius 2 is 2.25 bits per heavy atom. The molecule has 3 heterocycles. The average molecular weight is 377 g/mol. The second kappa shape index (κ2) is 8.09. The second-order valence-corrected chi connectivity index (χ2v) is 7.46. The van der Waals surface area contributed by atoms with Gasteiger partial charge >= 0.3 is 0 Å². The molecule has 0 bridgehead atoms. The van der Waals surface area contributed by atoms with Crippen molar-refractivity contribution < 1.29 is 14.3 Å². The molecule has 2 saturated heterocycles. The molecule has 1 amide bonds. The van der Waals surface area contributed by atoms with Gasteiger partial charge in [0.2, 0.25) is 0 Å². The average Bonchev–Trinajstić information content (AvgIpc) is 3.14. The van der Waals surface area contributed by atoms with Crippen LogP contribution in [0.4, 0.5) is 0 Å². The van der Waals surface area contributed by atoms with E-state index in [9.17, 15) is 4.79 Å². The molecule has 2 aliphatic heterocycles. The molecular weight excluding hydrogens is 354 g/mol. The number of carbonyl (C=O) groups excluding carboxylic acids is 1. The molecule has 4 rings (SSSR count). The van der Waals surface area contributed by atoms with Crippen LogP contribution in [-0.2, 0) is 16.1 Å². The van der Waals surface area contributed by atoms with Crippen molar-refractivity contribution in [1.82, 2.24) is 9.88 Å². The molecule has 0 aliphatic carbocycles. The first kappa shape index (κ1) is 18.6. The number of aromatic nitrogens is 1. The van der Waals surface area contributed by atoms with Gasteiger partial charge in [-0.3, -0.25) is 9.78 Å². The SMILES string of the molecule is N#Cc1cccc(C(=O)N2CC3(C2)OCCC3CCOCc2cccnc2)c1. The Morgan fingerprint density at radius 3 is 3.04 bits per heavy atom. The molecule has 28 heavy (non-hydrogen) atoms. The van der Waals surface area contributed by atoms with Crippen LogP contribution in [0.2, 0.25) is 0 Å². The van der Waals surface area contributed by atoms with E-state index in [2.05, 4.69) is 11.1 Å². The number of hydrogen-bond donors (Lipinski definition) is 0. The van der Waals surface area contributed by atoms with Gasteiger partial charge in [0.05, 0.1) is 31.3 Å². The molecule has 2 aliphatic rings. The Kier molecular flexibility index (Phi) is 5.38. The summed E-state index contributed by atoms with van der Waals surface area (Å²) in [4.78, 5) is 18.6. The number of benzene rings is 1. The van der Waals surface area contributed by atoms with Crippen molar-refractivity contribution >= 4 is 5.91 Å². The maximum Gasteiger partial charge on any atom is 0.254 e. The molecule has 2 fully saturated rings. The highest BCUT2D eigenvalue weighted by Gasteiger charge is 2.54. The van der Waals surface area contributed by atoms with Crippen molar-refractivity contribution in [3.05, 3.63) is 65.5 Å². The lowest BCUT2D eigenvalue weighted by Crippen LogP contribution is -2.66. The number of ether oxygens (including phenoxy) is 2. The van der Waals surface area contributed by atoms with E-state index in [0.29, 0.717) is 43.3 Å². The third-order valence-corrected chi connectivity index (χ3v) is 5.64. The van der Waals surface area contributed by atoms with Crippen LogP contribution in [0.5, 0.6) is 0 Å². The van der Waals surface area contributed by atoms with Gasteiger partial charge in [-0.25, -0.2) is 0 Å². The quantitative estimate of drug-likeness (QED) is 0.724. The summed E-state index contributed by atoms with van der Waals surface area (Å²) < 4.78 is 11.9. The van der Waals surface area contributed by atoms with Crippen molar-refractivity contribution in [1.29, 1.82) is 5.26 Å². The first-order valence-corrected chi connectivity index (χ1v) is 9.60. The van der Waals surface area contributed by atoms with Gasteiger partial charge in [0.25, 0.3) is 5.91 Å². The Bertz CT molecular complexity index is 872. The number of carbonyl (C=O) groups is 1. The molecule has 1 aromatic heterocycles. The van der Waals surface area contributed by atoms with Crippen LogP contribution in [0, 0.1) is 17.2 Å². The fourth-order valence-electron chi connectivity index (χ4n) is 4.09. The number of hydrogen-bond acceptors (Lipinski definition) is 5. The topological polar surface area (TPSA) is 75.5 Å². The van der Waals surface area contributed by atoms with Gasteiger partial charge in [0.1, 0.15) is 5.60 Å². The fraction of sp³-hybridized carbons (Fsp3) is 0.409. The second-order valence-electron chi connectivity index (χ2n) is 7.46.